The van der Waals surface area contributed by atoms with Crippen LogP contribution < -0.4 is 11.1 Å². The predicted octanol–water partition coefficient (Wildman–Crippen LogP) is -0.113. The molecule has 0 saturated heterocycles. The molecule has 0 radical (unpaired) electrons. The number of nitrogen functional groups attached to an aromatic ring is 1. The van der Waals surface area contributed by atoms with Crippen LogP contribution in [0.25, 0.3) is 11.0 Å². The molecule has 0 spiro atoms. The highest BCUT2D eigenvalue weighted by atomic mass is 32.2. The third-order valence-corrected chi connectivity index (χ3v) is 3.84. The van der Waals surface area contributed by atoms with Crippen molar-refractivity contribution in [1.82, 2.24) is 20.3 Å². The van der Waals surface area contributed by atoms with Gasteiger partial charge in [-0.2, -0.15) is 11.8 Å². The van der Waals surface area contributed by atoms with E-state index in [2.05, 4.69) is 20.3 Å². The molecule has 6 N–H and O–H groups in total. The van der Waals surface area contributed by atoms with Crippen molar-refractivity contribution in [1.29, 1.82) is 0 Å². The van der Waals surface area contributed by atoms with E-state index in [9.17, 15) is 10.2 Å². The second kappa shape index (κ2) is 6.89. The van der Waals surface area contributed by atoms with Gasteiger partial charge in [0.2, 0.25) is 0 Å². The van der Waals surface area contributed by atoms with Gasteiger partial charge in [0.25, 0.3) is 0 Å². The van der Waals surface area contributed by atoms with Gasteiger partial charge >= 0.3 is 0 Å². The van der Waals surface area contributed by atoms with Crippen LogP contribution in [0.2, 0.25) is 0 Å². The summed E-state index contributed by atoms with van der Waals surface area (Å²) in [5.74, 6) is 1.13. The fraction of sp³-hybridized carbons (Fsp3) is 0.500. The van der Waals surface area contributed by atoms with Crippen LogP contribution >= 0.6 is 11.8 Å². The fourth-order valence-electron chi connectivity index (χ4n) is 2.12. The Morgan fingerprint density at radius 3 is 2.85 bits per heavy atom. The van der Waals surface area contributed by atoms with Gasteiger partial charge in [-0.05, 0) is 6.26 Å². The lowest BCUT2D eigenvalue weighted by molar-refractivity contribution is 0.202. The average molecular weight is 297 g/mol. The maximum absolute atomic E-state index is 9.60. The molecule has 0 bridgehead atoms. The quantitative estimate of drug-likeness (QED) is 0.483. The number of fused-ring (bicyclic) bond motifs is 1. The highest BCUT2D eigenvalue weighted by Gasteiger charge is 2.20. The van der Waals surface area contributed by atoms with Crippen molar-refractivity contribution in [2.24, 2.45) is 0 Å². The average Bonchev–Trinajstić information content (AvgIpc) is 2.89. The predicted molar refractivity (Wildman–Crippen MR) is 80.5 cm³/mol. The van der Waals surface area contributed by atoms with Crippen LogP contribution in [0.1, 0.15) is 11.6 Å². The molecule has 110 valence electrons. The van der Waals surface area contributed by atoms with Crippen LogP contribution in [0.5, 0.6) is 0 Å². The molecule has 0 aliphatic carbocycles. The van der Waals surface area contributed by atoms with Gasteiger partial charge in [-0.15, -0.1) is 0 Å². The maximum Gasteiger partial charge on any atom is 0.151 e. The summed E-state index contributed by atoms with van der Waals surface area (Å²) < 4.78 is 0. The Kier molecular flexibility index (Phi) is 5.18. The SMILES string of the molecule is CSC[C@@H](CO)N[C@H](CO)c1c[nH]c2c(N)ncnc12. The lowest BCUT2D eigenvalue weighted by atomic mass is 10.1. The minimum Gasteiger partial charge on any atom is -0.395 e. The van der Waals surface area contributed by atoms with Crippen LogP contribution in [-0.4, -0.2) is 56.4 Å². The van der Waals surface area contributed by atoms with Crippen molar-refractivity contribution in [2.75, 3.05) is 31.0 Å². The molecule has 20 heavy (non-hydrogen) atoms. The van der Waals surface area contributed by atoms with Crippen molar-refractivity contribution >= 4 is 28.6 Å². The van der Waals surface area contributed by atoms with Crippen LogP contribution in [0.3, 0.4) is 0 Å². The maximum atomic E-state index is 9.60. The molecule has 2 aromatic rings. The Morgan fingerprint density at radius 2 is 2.20 bits per heavy atom. The summed E-state index contributed by atoms with van der Waals surface area (Å²) >= 11 is 1.63. The van der Waals surface area contributed by atoms with Gasteiger partial charge < -0.3 is 26.2 Å². The zero-order valence-corrected chi connectivity index (χ0v) is 12.0. The number of nitrogens with two attached hydrogens (primary N) is 1. The number of nitrogens with one attached hydrogen (secondary N) is 2. The molecule has 2 aromatic heterocycles. The van der Waals surface area contributed by atoms with E-state index in [4.69, 9.17) is 5.73 Å². The number of aromatic amines is 1. The van der Waals surface area contributed by atoms with Gasteiger partial charge in [0.15, 0.2) is 5.82 Å². The summed E-state index contributed by atoms with van der Waals surface area (Å²) in [5, 5.41) is 22.2. The third-order valence-electron chi connectivity index (χ3n) is 3.11. The van der Waals surface area contributed by atoms with Crippen molar-refractivity contribution in [2.45, 2.75) is 12.1 Å². The van der Waals surface area contributed by atoms with E-state index in [1.165, 1.54) is 6.33 Å². The second-order valence-corrected chi connectivity index (χ2v) is 5.37. The highest BCUT2D eigenvalue weighted by molar-refractivity contribution is 7.98. The van der Waals surface area contributed by atoms with Crippen LogP contribution in [0.4, 0.5) is 5.82 Å². The molecule has 0 unspecified atom stereocenters. The van der Waals surface area contributed by atoms with Gasteiger partial charge in [-0.3, -0.25) is 0 Å². The van der Waals surface area contributed by atoms with Crippen molar-refractivity contribution < 1.29 is 10.2 Å². The molecule has 0 aliphatic heterocycles. The van der Waals surface area contributed by atoms with Crippen LogP contribution in [0, 0.1) is 0 Å². The first-order valence-corrected chi connectivity index (χ1v) is 7.64. The summed E-state index contributed by atoms with van der Waals surface area (Å²) in [4.78, 5) is 11.2. The summed E-state index contributed by atoms with van der Waals surface area (Å²) in [6.45, 7) is -0.0848. The smallest absolute Gasteiger partial charge is 0.151 e. The van der Waals surface area contributed by atoms with E-state index in [-0.39, 0.29) is 25.3 Å². The normalized spacial score (nSPS) is 14.6. The van der Waals surface area contributed by atoms with E-state index in [1.807, 2.05) is 6.26 Å². The molecule has 0 aliphatic rings. The molecular weight excluding hydrogens is 278 g/mol. The Balaban J connectivity index is 2.27. The monoisotopic (exact) mass is 297 g/mol. The van der Waals surface area contributed by atoms with Crippen LogP contribution in [-0.2, 0) is 0 Å². The summed E-state index contributed by atoms with van der Waals surface area (Å²) in [6.07, 6.45) is 5.13. The zero-order valence-electron chi connectivity index (χ0n) is 11.2. The number of rotatable bonds is 7. The lowest BCUT2D eigenvalue weighted by Crippen LogP contribution is -2.39. The van der Waals surface area contributed by atoms with E-state index in [0.29, 0.717) is 16.9 Å². The minimum atomic E-state index is -0.317. The van der Waals surface area contributed by atoms with E-state index < -0.39 is 0 Å². The topological polar surface area (TPSA) is 120 Å². The molecule has 0 aromatic carbocycles. The number of aliphatic hydroxyl groups excluding tert-OH is 2. The second-order valence-electron chi connectivity index (χ2n) is 4.46. The molecule has 8 heteroatoms. The minimum absolute atomic E-state index is 0.0107. The Labute approximate surface area is 121 Å². The largest absolute Gasteiger partial charge is 0.395 e. The van der Waals surface area contributed by atoms with Crippen molar-refractivity contribution in [3.05, 3.63) is 18.1 Å². The van der Waals surface area contributed by atoms with E-state index >= 15 is 0 Å². The number of hydrogen-bond donors (Lipinski definition) is 5. The Morgan fingerprint density at radius 1 is 1.40 bits per heavy atom. The molecule has 0 saturated carbocycles. The number of H-pyrrole nitrogens is 1. The van der Waals surface area contributed by atoms with Gasteiger partial charge in [-0.1, -0.05) is 0 Å². The number of anilines is 1. The third kappa shape index (κ3) is 3.04. The van der Waals surface area contributed by atoms with E-state index in [0.717, 1.165) is 11.3 Å². The summed E-state index contributed by atoms with van der Waals surface area (Å²) in [7, 11) is 0. The molecule has 2 heterocycles. The first kappa shape index (κ1) is 15.0. The molecule has 2 atom stereocenters. The number of thioether (sulfide) groups is 1. The summed E-state index contributed by atoms with van der Waals surface area (Å²) in [6, 6.07) is -0.409. The number of aliphatic hydroxyl groups is 2. The Hall–Kier alpha value is -1.35. The molecular formula is C12H19N5O2S. The molecule has 0 amide bonds. The summed E-state index contributed by atoms with van der Waals surface area (Å²) in [5.41, 5.74) is 7.94. The van der Waals surface area contributed by atoms with Gasteiger partial charge in [0.05, 0.1) is 24.8 Å². The molecule has 7 nitrogen and oxygen atoms in total. The molecule has 0 fully saturated rings. The van der Waals surface area contributed by atoms with Crippen molar-refractivity contribution in [3.8, 4) is 0 Å². The Bertz CT molecular complexity index is 562. The van der Waals surface area contributed by atoms with Gasteiger partial charge in [-0.25, -0.2) is 9.97 Å². The van der Waals surface area contributed by atoms with Gasteiger partial charge in [0.1, 0.15) is 11.8 Å². The van der Waals surface area contributed by atoms with E-state index in [1.54, 1.807) is 18.0 Å². The van der Waals surface area contributed by atoms with Crippen molar-refractivity contribution in [3.63, 3.8) is 0 Å². The first-order chi connectivity index (χ1) is 9.71. The number of aromatic nitrogens is 3. The van der Waals surface area contributed by atoms with Gasteiger partial charge in [0, 0.05) is 23.6 Å². The standard InChI is InChI=1S/C12H19N5O2S/c1-20-5-7(3-18)17-9(4-19)8-2-14-11-10(8)15-6-16-12(11)13/h2,6-7,9,14,17-19H,3-5H2,1H3,(H2,13,15,16)/t7-,9-/m1/s1. The lowest BCUT2D eigenvalue weighted by Gasteiger charge is -2.22. The highest BCUT2D eigenvalue weighted by Crippen LogP contribution is 2.24. The molecule has 2 rings (SSSR count). The number of hydrogen-bond acceptors (Lipinski definition) is 7. The first-order valence-electron chi connectivity index (χ1n) is 6.25. The number of nitrogens with zero attached hydrogens (tertiary/aromatic N) is 2. The zero-order chi connectivity index (χ0) is 14.5. The van der Waals surface area contributed by atoms with Crippen LogP contribution in [0.15, 0.2) is 12.5 Å². The fourth-order valence-corrected chi connectivity index (χ4v) is 2.73.